The van der Waals surface area contributed by atoms with Gasteiger partial charge in [0.05, 0.1) is 0 Å². The van der Waals surface area contributed by atoms with E-state index in [9.17, 15) is 4.79 Å². The van der Waals surface area contributed by atoms with Crippen LogP contribution < -0.4 is 10.6 Å². The summed E-state index contributed by atoms with van der Waals surface area (Å²) in [5.41, 5.74) is 2.86. The van der Waals surface area contributed by atoms with Crippen molar-refractivity contribution in [1.29, 1.82) is 0 Å². The van der Waals surface area contributed by atoms with Crippen molar-refractivity contribution in [2.75, 3.05) is 13.1 Å². The van der Waals surface area contributed by atoms with E-state index in [0.29, 0.717) is 12.3 Å². The monoisotopic (exact) mass is 550 g/mol. The number of benzene rings is 1. The lowest BCUT2D eigenvalue weighted by Crippen LogP contribution is -2.16. The maximum absolute atomic E-state index is 9.40. The van der Waals surface area contributed by atoms with E-state index in [1.54, 1.807) is 6.20 Å². The van der Waals surface area contributed by atoms with Gasteiger partial charge < -0.3 is 15.4 Å². The molecular formula is C34H63ClN2O. The Morgan fingerprint density at radius 1 is 0.868 bits per heavy atom. The zero-order valence-corrected chi connectivity index (χ0v) is 27.0. The first-order valence-electron chi connectivity index (χ1n) is 15.4. The maximum Gasteiger partial charge on any atom is 0.119 e. The van der Waals surface area contributed by atoms with Crippen LogP contribution in [0.1, 0.15) is 131 Å². The molecule has 1 aromatic rings. The van der Waals surface area contributed by atoms with E-state index in [1.165, 1.54) is 81.9 Å². The second-order valence-electron chi connectivity index (χ2n) is 9.60. The molecular weight excluding hydrogens is 488 g/mol. The molecule has 0 aliphatic rings. The van der Waals surface area contributed by atoms with Crippen molar-refractivity contribution in [2.45, 2.75) is 132 Å². The molecule has 1 rings (SSSR count). The van der Waals surface area contributed by atoms with Crippen LogP contribution >= 0.6 is 11.6 Å². The lowest BCUT2D eigenvalue weighted by Gasteiger charge is -2.14. The van der Waals surface area contributed by atoms with Crippen molar-refractivity contribution >= 4 is 17.9 Å². The second kappa shape index (κ2) is 35.4. The number of carbonyl (C=O) groups excluding carboxylic acids is 1. The van der Waals surface area contributed by atoms with E-state index in [2.05, 4.69) is 65.0 Å². The average molecular weight is 551 g/mol. The summed E-state index contributed by atoms with van der Waals surface area (Å²) in [7, 11) is 0. The second-order valence-corrected chi connectivity index (χ2v) is 10.0. The van der Waals surface area contributed by atoms with Gasteiger partial charge in [-0.2, -0.15) is 0 Å². The van der Waals surface area contributed by atoms with Gasteiger partial charge in [-0.05, 0) is 94.0 Å². The lowest BCUT2D eigenvalue weighted by molar-refractivity contribution is -0.107. The SMILES string of the molecule is C=CN/C=C(/CCCCNCCCCCC)C(C)CC.CCCC.CCCC=O.CCc1ccc(Cl)cc1. The number of nitrogens with one attached hydrogen (secondary N) is 2. The van der Waals surface area contributed by atoms with Gasteiger partial charge in [-0.15, -0.1) is 0 Å². The number of allylic oxidation sites excluding steroid dienone is 1. The number of carbonyl (C=O) groups is 1. The van der Waals surface area contributed by atoms with Crippen molar-refractivity contribution in [3.63, 3.8) is 0 Å². The summed E-state index contributed by atoms with van der Waals surface area (Å²) < 4.78 is 0. The Hall–Kier alpha value is -1.58. The Morgan fingerprint density at radius 2 is 1.47 bits per heavy atom. The van der Waals surface area contributed by atoms with E-state index in [-0.39, 0.29) is 0 Å². The Morgan fingerprint density at radius 3 is 1.89 bits per heavy atom. The fourth-order valence-electron chi connectivity index (χ4n) is 3.11. The largest absolute Gasteiger partial charge is 0.368 e. The minimum atomic E-state index is 0.671. The molecule has 4 heteroatoms. The molecule has 0 saturated heterocycles. The molecule has 38 heavy (non-hydrogen) atoms. The molecule has 0 bridgehead atoms. The molecule has 0 aliphatic heterocycles. The van der Waals surface area contributed by atoms with Gasteiger partial charge in [-0.3, -0.25) is 0 Å². The van der Waals surface area contributed by atoms with Crippen LogP contribution in [-0.4, -0.2) is 19.4 Å². The van der Waals surface area contributed by atoms with Crippen molar-refractivity contribution in [3.8, 4) is 0 Å². The van der Waals surface area contributed by atoms with Crippen LogP contribution in [0.25, 0.3) is 0 Å². The first-order valence-corrected chi connectivity index (χ1v) is 15.7. The molecule has 0 spiro atoms. The fraction of sp³-hybridized carbons (Fsp3) is 0.676. The predicted octanol–water partition coefficient (Wildman–Crippen LogP) is 10.7. The number of aryl methyl sites for hydroxylation is 1. The van der Waals surface area contributed by atoms with Gasteiger partial charge in [-0.25, -0.2) is 0 Å². The van der Waals surface area contributed by atoms with Crippen molar-refractivity contribution in [2.24, 2.45) is 5.92 Å². The van der Waals surface area contributed by atoms with Gasteiger partial charge in [-0.1, -0.05) is 116 Å². The Balaban J connectivity index is -0.000000551. The normalized spacial score (nSPS) is 11.0. The molecule has 0 aromatic heterocycles. The molecule has 0 aliphatic carbocycles. The molecule has 0 saturated carbocycles. The van der Waals surface area contributed by atoms with Crippen LogP contribution in [0.15, 0.2) is 48.8 Å². The van der Waals surface area contributed by atoms with Crippen LogP contribution in [0.4, 0.5) is 0 Å². The topological polar surface area (TPSA) is 41.1 Å². The Bertz CT molecular complexity index is 626. The van der Waals surface area contributed by atoms with Gasteiger partial charge in [0.15, 0.2) is 0 Å². The summed E-state index contributed by atoms with van der Waals surface area (Å²) in [6.45, 7) is 21.3. The maximum atomic E-state index is 9.40. The molecule has 0 fully saturated rings. The third kappa shape index (κ3) is 32.4. The van der Waals surface area contributed by atoms with Crippen LogP contribution in [0.2, 0.25) is 5.02 Å². The van der Waals surface area contributed by atoms with Crippen molar-refractivity contribution in [1.82, 2.24) is 10.6 Å². The summed E-state index contributed by atoms with van der Waals surface area (Å²) in [5.74, 6) is 0.671. The highest BCUT2D eigenvalue weighted by molar-refractivity contribution is 6.30. The molecule has 1 atom stereocenters. The molecule has 2 N–H and O–H groups in total. The van der Waals surface area contributed by atoms with E-state index in [0.717, 1.165) is 30.7 Å². The zero-order chi connectivity index (χ0) is 29.3. The molecule has 1 aromatic carbocycles. The number of hydrogen-bond donors (Lipinski definition) is 2. The molecule has 222 valence electrons. The van der Waals surface area contributed by atoms with Gasteiger partial charge >= 0.3 is 0 Å². The highest BCUT2D eigenvalue weighted by atomic mass is 35.5. The summed E-state index contributed by atoms with van der Waals surface area (Å²) in [5, 5.41) is 7.50. The smallest absolute Gasteiger partial charge is 0.119 e. The minimum Gasteiger partial charge on any atom is -0.368 e. The van der Waals surface area contributed by atoms with E-state index in [1.807, 2.05) is 31.2 Å². The minimum absolute atomic E-state index is 0.671. The molecule has 0 radical (unpaired) electrons. The third-order valence-corrected chi connectivity index (χ3v) is 6.39. The van der Waals surface area contributed by atoms with Gasteiger partial charge in [0.1, 0.15) is 6.29 Å². The number of unbranched alkanes of at least 4 members (excludes halogenated alkanes) is 6. The number of halogens is 1. The zero-order valence-electron chi connectivity index (χ0n) is 26.2. The predicted molar refractivity (Wildman–Crippen MR) is 174 cm³/mol. The van der Waals surface area contributed by atoms with Gasteiger partial charge in [0.2, 0.25) is 0 Å². The summed E-state index contributed by atoms with van der Waals surface area (Å²) in [4.78, 5) is 9.40. The third-order valence-electron chi connectivity index (χ3n) is 6.14. The Kier molecular flexibility index (Phi) is 38.1. The molecule has 0 heterocycles. The quantitative estimate of drug-likeness (QED) is 0.141. The van der Waals surface area contributed by atoms with Crippen LogP contribution in [0.5, 0.6) is 0 Å². The van der Waals surface area contributed by atoms with Crippen LogP contribution in [-0.2, 0) is 11.2 Å². The van der Waals surface area contributed by atoms with Gasteiger partial charge in [0, 0.05) is 11.4 Å². The number of hydrogen-bond acceptors (Lipinski definition) is 3. The lowest BCUT2D eigenvalue weighted by atomic mass is 9.94. The van der Waals surface area contributed by atoms with E-state index in [4.69, 9.17) is 11.6 Å². The van der Waals surface area contributed by atoms with Crippen LogP contribution in [0.3, 0.4) is 0 Å². The highest BCUT2D eigenvalue weighted by Crippen LogP contribution is 2.19. The van der Waals surface area contributed by atoms with E-state index >= 15 is 0 Å². The fourth-order valence-corrected chi connectivity index (χ4v) is 3.23. The Labute approximate surface area is 243 Å². The molecule has 0 amide bonds. The standard InChI is InChI=1S/C18H36N2.C8H9Cl.C4H8O.C4H10/c1-5-8-9-11-14-20-15-12-10-13-18(16-19-7-3)17(4)6-2;1-2-7-3-5-8(9)6-4-7;1-2-3-4-5;1-3-4-2/h7,16-17,19-20H,3,5-6,8-15H2,1-2,4H3;3-6H,2H2,1H3;4H,2-3H2,1H3;3-4H2,1-2H3/b18-16-;;;. The van der Waals surface area contributed by atoms with Crippen molar-refractivity contribution in [3.05, 3.63) is 59.4 Å². The molecule has 1 unspecified atom stereocenters. The molecule has 3 nitrogen and oxygen atoms in total. The number of rotatable bonds is 18. The van der Waals surface area contributed by atoms with Crippen molar-refractivity contribution < 1.29 is 4.79 Å². The summed E-state index contributed by atoms with van der Waals surface area (Å²) in [6.07, 6.45) is 20.6. The number of aldehydes is 1. The van der Waals surface area contributed by atoms with Gasteiger partial charge in [0.25, 0.3) is 0 Å². The first-order chi connectivity index (χ1) is 18.4. The van der Waals surface area contributed by atoms with Crippen LogP contribution in [0, 0.1) is 5.92 Å². The first kappa shape index (κ1) is 40.9. The average Bonchev–Trinajstić information content (AvgIpc) is 2.95. The summed E-state index contributed by atoms with van der Waals surface area (Å²) >= 11 is 5.67. The highest BCUT2D eigenvalue weighted by Gasteiger charge is 2.06. The summed E-state index contributed by atoms with van der Waals surface area (Å²) in [6, 6.07) is 7.92. The van der Waals surface area contributed by atoms with E-state index < -0.39 is 0 Å².